The molecule has 0 aromatic heterocycles. The fourth-order valence-electron chi connectivity index (χ4n) is 5.12. The Morgan fingerprint density at radius 3 is 2.26 bits per heavy atom. The Balaban J connectivity index is 1.20. The molecule has 4 rings (SSSR count). The molecule has 2 fully saturated rings. The van der Waals surface area contributed by atoms with E-state index in [1.165, 1.54) is 5.56 Å². The van der Waals surface area contributed by atoms with Gasteiger partial charge in [-0.05, 0) is 43.5 Å². The van der Waals surface area contributed by atoms with Crippen LogP contribution in [0.3, 0.4) is 0 Å². The number of methoxy groups -OCH3 is 2. The first-order chi connectivity index (χ1) is 17.1. The molecule has 1 amide bonds. The van der Waals surface area contributed by atoms with E-state index in [-0.39, 0.29) is 18.0 Å². The molecule has 0 spiro atoms. The molecule has 2 aromatic rings. The summed E-state index contributed by atoms with van der Waals surface area (Å²) in [4.78, 5) is 20.2. The molecule has 2 aliphatic heterocycles. The summed E-state index contributed by atoms with van der Waals surface area (Å²) in [7, 11) is 3.39. The topological polar surface area (TPSA) is 57.3 Å². The molecular formula is C28H40N4O3. The Morgan fingerprint density at radius 1 is 0.914 bits per heavy atom. The van der Waals surface area contributed by atoms with Crippen molar-refractivity contribution in [1.82, 2.24) is 20.0 Å². The van der Waals surface area contributed by atoms with Gasteiger partial charge in [-0.15, -0.1) is 0 Å². The van der Waals surface area contributed by atoms with Crippen molar-refractivity contribution < 1.29 is 14.3 Å². The smallest absolute Gasteiger partial charge is 0.237 e. The second-order valence-corrected chi connectivity index (χ2v) is 9.71. The highest BCUT2D eigenvalue weighted by molar-refractivity contribution is 5.81. The largest absolute Gasteiger partial charge is 0.497 e. The summed E-state index contributed by atoms with van der Waals surface area (Å²) in [6, 6.07) is 16.7. The molecule has 2 heterocycles. The van der Waals surface area contributed by atoms with E-state index in [1.807, 2.05) is 25.1 Å². The lowest BCUT2D eigenvalue weighted by Crippen LogP contribution is -2.55. The maximum absolute atomic E-state index is 13.0. The third-order valence-electron chi connectivity index (χ3n) is 7.40. The van der Waals surface area contributed by atoms with Gasteiger partial charge in [0.1, 0.15) is 11.5 Å². The number of nitrogens with one attached hydrogen (secondary N) is 1. The number of carbonyl (C=O) groups is 1. The molecule has 2 aromatic carbocycles. The van der Waals surface area contributed by atoms with Gasteiger partial charge < -0.3 is 14.8 Å². The van der Waals surface area contributed by atoms with Crippen LogP contribution in [-0.2, 0) is 17.9 Å². The highest BCUT2D eigenvalue weighted by atomic mass is 16.5. The Bertz CT molecular complexity index is 938. The molecule has 7 nitrogen and oxygen atoms in total. The molecule has 1 N–H and O–H groups in total. The summed E-state index contributed by atoms with van der Waals surface area (Å²) in [5, 5.41) is 3.33. The number of nitrogens with zero attached hydrogens (tertiary/aromatic N) is 3. The summed E-state index contributed by atoms with van der Waals surface area (Å²) < 4.78 is 10.9. The first kappa shape index (κ1) is 25.5. The summed E-state index contributed by atoms with van der Waals surface area (Å²) in [5.74, 6) is 1.89. The first-order valence-electron chi connectivity index (χ1n) is 12.8. The Kier molecular flexibility index (Phi) is 9.01. The summed E-state index contributed by atoms with van der Waals surface area (Å²) in [5.41, 5.74) is 2.48. The van der Waals surface area contributed by atoms with Crippen LogP contribution in [0.2, 0.25) is 0 Å². The summed E-state index contributed by atoms with van der Waals surface area (Å²) >= 11 is 0. The van der Waals surface area contributed by atoms with Crippen LogP contribution in [0, 0.1) is 0 Å². The second kappa shape index (κ2) is 12.4. The molecule has 2 aliphatic rings. The molecule has 0 bridgehead atoms. The molecule has 0 aliphatic carbocycles. The number of piperazine rings is 1. The number of rotatable bonds is 9. The van der Waals surface area contributed by atoms with Crippen molar-refractivity contribution in [2.45, 2.75) is 44.9 Å². The average molecular weight is 481 g/mol. The van der Waals surface area contributed by atoms with E-state index < -0.39 is 0 Å². The van der Waals surface area contributed by atoms with Crippen LogP contribution in [0.1, 0.15) is 30.9 Å². The van der Waals surface area contributed by atoms with Gasteiger partial charge in [0.2, 0.25) is 5.91 Å². The van der Waals surface area contributed by atoms with Crippen molar-refractivity contribution in [3.05, 3.63) is 59.7 Å². The minimum Gasteiger partial charge on any atom is -0.497 e. The van der Waals surface area contributed by atoms with Crippen LogP contribution in [-0.4, -0.2) is 86.2 Å². The number of hydrogen-bond donors (Lipinski definition) is 1. The van der Waals surface area contributed by atoms with Crippen molar-refractivity contribution in [3.63, 3.8) is 0 Å². The molecule has 190 valence electrons. The van der Waals surface area contributed by atoms with Crippen LogP contribution in [0.15, 0.2) is 48.5 Å². The SMILES string of the molecule is COc1ccc(OC)c(CN2CCN(C(C)C(=O)NC3CCN(Cc4ccccc4)CC3)CC2)c1. The second-order valence-electron chi connectivity index (χ2n) is 9.71. The van der Waals surface area contributed by atoms with E-state index in [2.05, 4.69) is 50.3 Å². The van der Waals surface area contributed by atoms with Crippen molar-refractivity contribution in [2.75, 3.05) is 53.5 Å². The molecule has 1 unspecified atom stereocenters. The Labute approximate surface area is 210 Å². The first-order valence-corrected chi connectivity index (χ1v) is 12.8. The number of piperidine rings is 1. The van der Waals surface area contributed by atoms with Gasteiger partial charge in [-0.1, -0.05) is 30.3 Å². The van der Waals surface area contributed by atoms with Gasteiger partial charge in [0, 0.05) is 64.0 Å². The van der Waals surface area contributed by atoms with Crippen LogP contribution < -0.4 is 14.8 Å². The van der Waals surface area contributed by atoms with Gasteiger partial charge in [0.15, 0.2) is 0 Å². The van der Waals surface area contributed by atoms with Crippen LogP contribution >= 0.6 is 0 Å². The highest BCUT2D eigenvalue weighted by Gasteiger charge is 2.28. The third kappa shape index (κ3) is 6.97. The van der Waals surface area contributed by atoms with Crippen molar-refractivity contribution in [3.8, 4) is 11.5 Å². The Morgan fingerprint density at radius 2 is 1.60 bits per heavy atom. The van der Waals surface area contributed by atoms with Crippen molar-refractivity contribution in [1.29, 1.82) is 0 Å². The number of likely N-dealkylation sites (tertiary alicyclic amines) is 1. The minimum atomic E-state index is -0.106. The maximum atomic E-state index is 13.0. The zero-order valence-corrected chi connectivity index (χ0v) is 21.4. The zero-order valence-electron chi connectivity index (χ0n) is 21.4. The number of carbonyl (C=O) groups excluding carboxylic acids is 1. The lowest BCUT2D eigenvalue weighted by Gasteiger charge is -2.38. The van der Waals surface area contributed by atoms with Gasteiger partial charge in [-0.3, -0.25) is 19.5 Å². The van der Waals surface area contributed by atoms with Gasteiger partial charge in [-0.25, -0.2) is 0 Å². The number of hydrogen-bond acceptors (Lipinski definition) is 6. The quantitative estimate of drug-likeness (QED) is 0.596. The summed E-state index contributed by atoms with van der Waals surface area (Å²) in [6.45, 7) is 9.53. The monoisotopic (exact) mass is 480 g/mol. The number of benzene rings is 2. The van der Waals surface area contributed by atoms with E-state index in [0.717, 1.165) is 82.3 Å². The molecular weight excluding hydrogens is 440 g/mol. The molecule has 35 heavy (non-hydrogen) atoms. The van der Waals surface area contributed by atoms with E-state index in [0.29, 0.717) is 0 Å². The van der Waals surface area contributed by atoms with Gasteiger partial charge in [0.25, 0.3) is 0 Å². The van der Waals surface area contributed by atoms with E-state index in [4.69, 9.17) is 9.47 Å². The van der Waals surface area contributed by atoms with Crippen molar-refractivity contribution in [2.24, 2.45) is 0 Å². The highest BCUT2D eigenvalue weighted by Crippen LogP contribution is 2.26. The molecule has 7 heteroatoms. The number of ether oxygens (including phenoxy) is 2. The molecule has 1 atom stereocenters. The summed E-state index contributed by atoms with van der Waals surface area (Å²) in [6.07, 6.45) is 2.03. The molecule has 0 radical (unpaired) electrons. The zero-order chi connectivity index (χ0) is 24.6. The lowest BCUT2D eigenvalue weighted by molar-refractivity contribution is -0.127. The van der Waals surface area contributed by atoms with Gasteiger partial charge in [0.05, 0.1) is 20.3 Å². The predicted molar refractivity (Wildman–Crippen MR) is 139 cm³/mol. The molecule has 0 saturated carbocycles. The standard InChI is InChI=1S/C28H40N4O3/c1-22(28(33)29-25-11-13-30(14-12-25)20-23-7-5-4-6-8-23)32-17-15-31(16-18-32)21-24-19-26(34-2)9-10-27(24)35-3/h4-10,19,22,25H,11-18,20-21H2,1-3H3,(H,29,33). The van der Waals surface area contributed by atoms with Gasteiger partial charge >= 0.3 is 0 Å². The fourth-order valence-corrected chi connectivity index (χ4v) is 5.12. The van der Waals surface area contributed by atoms with Crippen LogP contribution in [0.4, 0.5) is 0 Å². The average Bonchev–Trinajstić information content (AvgIpc) is 2.90. The van der Waals surface area contributed by atoms with Crippen LogP contribution in [0.5, 0.6) is 11.5 Å². The maximum Gasteiger partial charge on any atom is 0.237 e. The van der Waals surface area contributed by atoms with E-state index in [9.17, 15) is 4.79 Å². The Hall–Kier alpha value is -2.61. The normalized spacial score (nSPS) is 19.3. The van der Waals surface area contributed by atoms with E-state index >= 15 is 0 Å². The molecule has 2 saturated heterocycles. The van der Waals surface area contributed by atoms with Crippen LogP contribution in [0.25, 0.3) is 0 Å². The van der Waals surface area contributed by atoms with Crippen molar-refractivity contribution >= 4 is 5.91 Å². The van der Waals surface area contributed by atoms with E-state index in [1.54, 1.807) is 14.2 Å². The number of amides is 1. The third-order valence-corrected chi connectivity index (χ3v) is 7.40. The minimum absolute atomic E-state index is 0.106. The fraction of sp³-hybridized carbons (Fsp3) is 0.536. The predicted octanol–water partition coefficient (Wildman–Crippen LogP) is 2.99. The lowest BCUT2D eigenvalue weighted by atomic mass is 10.0. The van der Waals surface area contributed by atoms with Gasteiger partial charge in [-0.2, -0.15) is 0 Å².